The number of aromatic nitrogens is 3. The second-order valence-electron chi connectivity index (χ2n) is 4.91. The highest BCUT2D eigenvalue weighted by molar-refractivity contribution is 7.80. The summed E-state index contributed by atoms with van der Waals surface area (Å²) >= 11 is 4.98. The van der Waals surface area contributed by atoms with E-state index in [9.17, 15) is 4.79 Å². The molecule has 0 amide bonds. The van der Waals surface area contributed by atoms with Crippen LogP contribution in [0.1, 0.15) is 16.8 Å². The van der Waals surface area contributed by atoms with Crippen LogP contribution in [-0.4, -0.2) is 19.2 Å². The molecule has 0 saturated heterocycles. The van der Waals surface area contributed by atoms with Crippen LogP contribution < -0.4 is 11.3 Å². The van der Waals surface area contributed by atoms with Gasteiger partial charge in [-0.15, -0.1) is 0 Å². The molecule has 0 saturated carbocycles. The van der Waals surface area contributed by atoms with Gasteiger partial charge in [0, 0.05) is 18.0 Å². The van der Waals surface area contributed by atoms with E-state index < -0.39 is 0 Å². The summed E-state index contributed by atoms with van der Waals surface area (Å²) in [7, 11) is 0. The van der Waals surface area contributed by atoms with Crippen LogP contribution in [0.25, 0.3) is 5.52 Å². The summed E-state index contributed by atoms with van der Waals surface area (Å²) in [4.78, 5) is 12.8. The van der Waals surface area contributed by atoms with Crippen molar-refractivity contribution in [3.8, 4) is 0 Å². The van der Waals surface area contributed by atoms with Gasteiger partial charge in [0.05, 0.1) is 12.2 Å². The molecule has 0 spiro atoms. The number of nitrogens with two attached hydrogens (primary N) is 1. The van der Waals surface area contributed by atoms with Crippen LogP contribution in [0, 0.1) is 6.92 Å². The number of benzene rings is 1. The van der Waals surface area contributed by atoms with Crippen molar-refractivity contribution in [1.82, 2.24) is 14.2 Å². The number of aryl methyl sites for hydroxylation is 1. The molecule has 0 fully saturated rings. The van der Waals surface area contributed by atoms with Crippen molar-refractivity contribution in [1.29, 1.82) is 0 Å². The van der Waals surface area contributed by atoms with E-state index in [1.165, 1.54) is 0 Å². The maximum absolute atomic E-state index is 12.4. The fourth-order valence-corrected chi connectivity index (χ4v) is 2.42. The average Bonchev–Trinajstić information content (AvgIpc) is 2.84. The molecule has 5 nitrogen and oxygen atoms in total. The maximum atomic E-state index is 12.4. The van der Waals surface area contributed by atoms with Crippen LogP contribution in [-0.2, 0) is 6.54 Å². The number of nitrogens with zero attached hydrogens (tertiary/aromatic N) is 3. The summed E-state index contributed by atoms with van der Waals surface area (Å²) in [6.07, 6.45) is 3.51. The Morgan fingerprint density at radius 2 is 2.14 bits per heavy atom. The first-order valence-electron chi connectivity index (χ1n) is 6.49. The van der Waals surface area contributed by atoms with Crippen molar-refractivity contribution in [2.45, 2.75) is 13.5 Å². The molecule has 21 heavy (non-hydrogen) atoms. The number of rotatable bonds is 3. The van der Waals surface area contributed by atoms with Crippen LogP contribution in [0.15, 0.2) is 47.5 Å². The minimum absolute atomic E-state index is 0.0705. The minimum atomic E-state index is -0.0705. The maximum Gasteiger partial charge on any atom is 0.276 e. The lowest BCUT2D eigenvalue weighted by Crippen LogP contribution is -2.22. The summed E-state index contributed by atoms with van der Waals surface area (Å²) in [6, 6.07) is 9.37. The molecule has 0 aliphatic rings. The molecule has 6 heteroatoms. The van der Waals surface area contributed by atoms with Gasteiger partial charge in [-0.1, -0.05) is 30.4 Å². The Bertz CT molecular complexity index is 894. The van der Waals surface area contributed by atoms with E-state index in [2.05, 4.69) is 5.10 Å². The Morgan fingerprint density at radius 3 is 2.90 bits per heavy atom. The van der Waals surface area contributed by atoms with Gasteiger partial charge in [-0.3, -0.25) is 4.79 Å². The lowest BCUT2D eigenvalue weighted by molar-refractivity contribution is 0.742. The van der Waals surface area contributed by atoms with Gasteiger partial charge in [-0.05, 0) is 24.6 Å². The van der Waals surface area contributed by atoms with Crippen molar-refractivity contribution >= 4 is 22.7 Å². The minimum Gasteiger partial charge on any atom is -0.389 e. The van der Waals surface area contributed by atoms with Crippen LogP contribution in [0.5, 0.6) is 0 Å². The highest BCUT2D eigenvalue weighted by Gasteiger charge is 2.06. The largest absolute Gasteiger partial charge is 0.389 e. The van der Waals surface area contributed by atoms with Crippen molar-refractivity contribution < 1.29 is 0 Å². The van der Waals surface area contributed by atoms with Crippen LogP contribution in [0.3, 0.4) is 0 Å². The van der Waals surface area contributed by atoms with Gasteiger partial charge in [0.1, 0.15) is 10.5 Å². The van der Waals surface area contributed by atoms with E-state index in [4.69, 9.17) is 18.0 Å². The molecular weight excluding hydrogens is 284 g/mol. The molecule has 0 unspecified atom stereocenters. The van der Waals surface area contributed by atoms with E-state index in [-0.39, 0.29) is 5.56 Å². The fourth-order valence-electron chi connectivity index (χ4n) is 2.29. The van der Waals surface area contributed by atoms with Gasteiger partial charge >= 0.3 is 0 Å². The molecule has 2 heterocycles. The zero-order valence-electron chi connectivity index (χ0n) is 11.5. The molecule has 2 N–H and O–H groups in total. The summed E-state index contributed by atoms with van der Waals surface area (Å²) in [5.41, 5.74) is 8.73. The molecule has 0 bridgehead atoms. The highest BCUT2D eigenvalue weighted by Crippen LogP contribution is 2.07. The third-order valence-electron chi connectivity index (χ3n) is 3.29. The molecule has 1 aromatic carbocycles. The summed E-state index contributed by atoms with van der Waals surface area (Å²) in [5, 5.41) is 4.23. The summed E-state index contributed by atoms with van der Waals surface area (Å²) in [6.45, 7) is 2.33. The predicted molar refractivity (Wildman–Crippen MR) is 85.6 cm³/mol. The molecule has 0 radical (unpaired) electrons. The normalized spacial score (nSPS) is 10.9. The summed E-state index contributed by atoms with van der Waals surface area (Å²) < 4.78 is 3.24. The Labute approximate surface area is 126 Å². The Morgan fingerprint density at radius 1 is 1.33 bits per heavy atom. The number of fused-ring (bicyclic) bond motifs is 1. The quantitative estimate of drug-likeness (QED) is 0.744. The van der Waals surface area contributed by atoms with E-state index in [0.29, 0.717) is 17.0 Å². The van der Waals surface area contributed by atoms with Crippen molar-refractivity contribution in [3.63, 3.8) is 0 Å². The Kier molecular flexibility index (Phi) is 3.31. The molecule has 106 valence electrons. The molecule has 0 aliphatic heterocycles. The second-order valence-corrected chi connectivity index (χ2v) is 5.35. The fraction of sp³-hybridized carbons (Fsp3) is 0.133. The number of thiocarbonyl (C=S) groups is 1. The van der Waals surface area contributed by atoms with E-state index >= 15 is 0 Å². The molecule has 3 rings (SSSR count). The molecule has 0 aliphatic carbocycles. The lowest BCUT2D eigenvalue weighted by Gasteiger charge is -2.07. The topological polar surface area (TPSA) is 65.3 Å². The third-order valence-corrected chi connectivity index (χ3v) is 3.53. The van der Waals surface area contributed by atoms with E-state index in [0.717, 1.165) is 16.8 Å². The standard InChI is InChI=1S/C15H14N4OS/c1-10-7-13-15(20)18(5-6-19(13)17-10)9-11-3-2-4-12(8-11)14(16)21/h2-8H,9H2,1H3,(H2,16,21). The van der Waals surface area contributed by atoms with E-state index in [1.807, 2.05) is 31.2 Å². The molecule has 2 aromatic heterocycles. The Hall–Kier alpha value is -2.47. The lowest BCUT2D eigenvalue weighted by atomic mass is 10.1. The first-order chi connectivity index (χ1) is 10.0. The van der Waals surface area contributed by atoms with Crippen LogP contribution >= 0.6 is 12.2 Å². The van der Waals surface area contributed by atoms with Crippen LogP contribution in [0.4, 0.5) is 0 Å². The summed E-state index contributed by atoms with van der Waals surface area (Å²) in [5.74, 6) is 0. The zero-order chi connectivity index (χ0) is 15.0. The average molecular weight is 298 g/mol. The first-order valence-corrected chi connectivity index (χ1v) is 6.89. The third kappa shape index (κ3) is 2.57. The van der Waals surface area contributed by atoms with Crippen molar-refractivity contribution in [3.05, 3.63) is 69.9 Å². The van der Waals surface area contributed by atoms with Gasteiger partial charge in [0.2, 0.25) is 0 Å². The van der Waals surface area contributed by atoms with Crippen molar-refractivity contribution in [2.75, 3.05) is 0 Å². The molecular formula is C15H14N4OS. The smallest absolute Gasteiger partial charge is 0.276 e. The van der Waals surface area contributed by atoms with Gasteiger partial charge in [0.15, 0.2) is 0 Å². The monoisotopic (exact) mass is 298 g/mol. The van der Waals surface area contributed by atoms with Crippen molar-refractivity contribution in [2.24, 2.45) is 5.73 Å². The van der Waals surface area contributed by atoms with Gasteiger partial charge in [0.25, 0.3) is 5.56 Å². The van der Waals surface area contributed by atoms with Crippen LogP contribution in [0.2, 0.25) is 0 Å². The molecule has 3 aromatic rings. The SMILES string of the molecule is Cc1cc2c(=O)n(Cc3cccc(C(N)=S)c3)ccn2n1. The van der Waals surface area contributed by atoms with E-state index in [1.54, 1.807) is 27.5 Å². The number of hydrogen-bond donors (Lipinski definition) is 1. The first kappa shape index (κ1) is 13.5. The number of hydrogen-bond acceptors (Lipinski definition) is 3. The second kappa shape index (κ2) is 5.14. The predicted octanol–water partition coefficient (Wildman–Crippen LogP) is 1.49. The highest BCUT2D eigenvalue weighted by atomic mass is 32.1. The Balaban J connectivity index is 2.02. The van der Waals surface area contributed by atoms with Gasteiger partial charge in [-0.2, -0.15) is 5.10 Å². The van der Waals surface area contributed by atoms with Gasteiger partial charge < -0.3 is 10.3 Å². The van der Waals surface area contributed by atoms with Gasteiger partial charge in [-0.25, -0.2) is 4.52 Å². The zero-order valence-corrected chi connectivity index (χ0v) is 12.3. The molecule has 0 atom stereocenters.